The van der Waals surface area contributed by atoms with Crippen LogP contribution in [0.4, 0.5) is 17.6 Å². The molecule has 0 bridgehead atoms. The van der Waals surface area contributed by atoms with Crippen LogP contribution in [0, 0.1) is 41.0 Å². The van der Waals surface area contributed by atoms with Gasteiger partial charge < -0.3 is 4.74 Å². The highest BCUT2D eigenvalue weighted by Gasteiger charge is 2.29. The monoisotopic (exact) mass is 660 g/mol. The topological polar surface area (TPSA) is 9.23 Å². The summed E-state index contributed by atoms with van der Waals surface area (Å²) in [5, 5.41) is 0. The molecule has 5 rings (SSSR count). The maximum absolute atomic E-state index is 15.5. The van der Waals surface area contributed by atoms with Gasteiger partial charge in [-0.3, -0.25) is 0 Å². The fourth-order valence-corrected chi connectivity index (χ4v) is 7.81. The van der Waals surface area contributed by atoms with Crippen LogP contribution in [0.3, 0.4) is 0 Å². The third-order valence-corrected chi connectivity index (χ3v) is 10.7. The van der Waals surface area contributed by atoms with Gasteiger partial charge in [-0.25, -0.2) is 13.2 Å². The van der Waals surface area contributed by atoms with Crippen LogP contribution in [0.25, 0.3) is 27.8 Å². The molecule has 0 amide bonds. The molecule has 5 heteroatoms. The highest BCUT2D eigenvalue weighted by molar-refractivity contribution is 5.74. The average Bonchev–Trinajstić information content (AvgIpc) is 3.12. The van der Waals surface area contributed by atoms with Gasteiger partial charge in [-0.15, -0.1) is 0 Å². The van der Waals surface area contributed by atoms with Crippen molar-refractivity contribution in [1.29, 1.82) is 0 Å². The van der Waals surface area contributed by atoms with Crippen molar-refractivity contribution in [3.8, 4) is 28.0 Å². The maximum atomic E-state index is 15.5. The zero-order valence-corrected chi connectivity index (χ0v) is 28.8. The Kier molecular flexibility index (Phi) is 13.4. The first-order valence-electron chi connectivity index (χ1n) is 18.4. The van der Waals surface area contributed by atoms with Gasteiger partial charge in [0.15, 0.2) is 23.2 Å². The third-order valence-electron chi connectivity index (χ3n) is 10.7. The number of benzene rings is 3. The second-order valence-corrected chi connectivity index (χ2v) is 13.9. The fourth-order valence-electron chi connectivity index (χ4n) is 7.81. The molecule has 1 fully saturated rings. The molecule has 0 saturated heterocycles. The Morgan fingerprint density at radius 2 is 1.27 bits per heavy atom. The van der Waals surface area contributed by atoms with Gasteiger partial charge in [-0.2, -0.15) is 4.39 Å². The Balaban J connectivity index is 1.17. The summed E-state index contributed by atoms with van der Waals surface area (Å²) in [6, 6.07) is 12.6. The molecule has 0 aromatic heterocycles. The Hall–Kier alpha value is -3.34. The van der Waals surface area contributed by atoms with Gasteiger partial charge in [-0.05, 0) is 92.0 Å². The number of ether oxygens (including phenoxy) is 1. The van der Waals surface area contributed by atoms with E-state index in [0.29, 0.717) is 29.0 Å². The molecule has 3 aromatic carbocycles. The van der Waals surface area contributed by atoms with E-state index in [9.17, 15) is 8.78 Å². The van der Waals surface area contributed by atoms with Gasteiger partial charge in [0, 0.05) is 16.7 Å². The highest BCUT2D eigenvalue weighted by atomic mass is 19.2. The van der Waals surface area contributed by atoms with Crippen molar-refractivity contribution in [1.82, 2.24) is 0 Å². The molecule has 0 N–H and O–H groups in total. The second-order valence-electron chi connectivity index (χ2n) is 13.9. The minimum absolute atomic E-state index is 0.0746. The summed E-state index contributed by atoms with van der Waals surface area (Å²) >= 11 is 0. The number of unbranched alkanes of at least 4 members (excludes halogenated alkanes) is 5. The first kappa shape index (κ1) is 36.0. The number of allylic oxidation sites excluding steroid dienone is 3. The predicted molar refractivity (Wildman–Crippen MR) is 191 cm³/mol. The molecule has 3 aromatic rings. The van der Waals surface area contributed by atoms with E-state index in [1.165, 1.54) is 82.8 Å². The zero-order chi connectivity index (χ0) is 33.9. The molecule has 0 spiro atoms. The number of hydrogen-bond acceptors (Lipinski definition) is 1. The summed E-state index contributed by atoms with van der Waals surface area (Å²) in [4.78, 5) is 0. The molecule has 258 valence electrons. The van der Waals surface area contributed by atoms with Crippen LogP contribution < -0.4 is 4.74 Å². The van der Waals surface area contributed by atoms with Crippen LogP contribution in [0.2, 0.25) is 0 Å². The molecule has 48 heavy (non-hydrogen) atoms. The third kappa shape index (κ3) is 9.01. The standard InChI is InChI=1S/C43H52F4O/c1-3-5-7-8-9-10-12-30-13-15-31(16-14-30)32-17-19-33(20-18-32)36-25-26-37(41(45)40(36)44)34-21-23-35(24-22-34)38-27-28-39(43(47)42(38)46)48-29-11-6-4-2/h4,6,19,21-28,30-32H,3,5,7-18,20,29H2,1-2H3. The van der Waals surface area contributed by atoms with Gasteiger partial charge in [-0.1, -0.05) is 119 Å². The minimum atomic E-state index is -1.05. The van der Waals surface area contributed by atoms with Crippen molar-refractivity contribution in [2.45, 2.75) is 110 Å². The SMILES string of the molecule is CC=CCCOc1ccc(-c2ccc(-c3ccc(C4=CCC(C5CCC(CCCCCCCC)CC5)CC4)c(F)c3F)cc2)c(F)c1F. The summed E-state index contributed by atoms with van der Waals surface area (Å²) in [5.41, 5.74) is 2.36. The Labute approximate surface area is 285 Å². The Morgan fingerprint density at radius 3 is 1.92 bits per heavy atom. The minimum Gasteiger partial charge on any atom is -0.490 e. The zero-order valence-electron chi connectivity index (χ0n) is 28.8. The number of hydrogen-bond donors (Lipinski definition) is 0. The molecule has 2 aliphatic carbocycles. The summed E-state index contributed by atoms with van der Waals surface area (Å²) in [6.07, 6.45) is 24.1. The number of halogens is 4. The molecule has 0 heterocycles. The van der Waals surface area contributed by atoms with E-state index in [1.54, 1.807) is 36.4 Å². The van der Waals surface area contributed by atoms with E-state index in [0.717, 1.165) is 36.7 Å². The highest BCUT2D eigenvalue weighted by Crippen LogP contribution is 2.43. The molecule has 2 aliphatic rings. The summed E-state index contributed by atoms with van der Waals surface area (Å²) in [5.74, 6) is -1.62. The second kappa shape index (κ2) is 17.9. The quantitative estimate of drug-likeness (QED) is 0.0895. The fraction of sp³-hybridized carbons (Fsp3) is 0.488. The molecular formula is C43H52F4O. The maximum Gasteiger partial charge on any atom is 0.201 e. The molecule has 0 aliphatic heterocycles. The van der Waals surface area contributed by atoms with Crippen molar-refractivity contribution in [2.24, 2.45) is 17.8 Å². The van der Waals surface area contributed by atoms with Gasteiger partial charge in [0.25, 0.3) is 0 Å². The lowest BCUT2D eigenvalue weighted by molar-refractivity contribution is 0.187. The Bertz CT molecular complexity index is 1530. The van der Waals surface area contributed by atoms with E-state index >= 15 is 8.78 Å². The van der Waals surface area contributed by atoms with Crippen LogP contribution in [0.15, 0.2) is 66.8 Å². The molecule has 1 saturated carbocycles. The summed E-state index contributed by atoms with van der Waals surface area (Å²) < 4.78 is 66.0. The van der Waals surface area contributed by atoms with Crippen LogP contribution in [0.5, 0.6) is 5.75 Å². The van der Waals surface area contributed by atoms with Crippen molar-refractivity contribution in [3.63, 3.8) is 0 Å². The van der Waals surface area contributed by atoms with Gasteiger partial charge in [0.05, 0.1) is 6.61 Å². The van der Waals surface area contributed by atoms with E-state index in [1.807, 2.05) is 19.1 Å². The smallest absolute Gasteiger partial charge is 0.201 e. The van der Waals surface area contributed by atoms with Crippen LogP contribution in [-0.2, 0) is 0 Å². The van der Waals surface area contributed by atoms with Crippen LogP contribution in [-0.4, -0.2) is 6.61 Å². The largest absolute Gasteiger partial charge is 0.490 e. The van der Waals surface area contributed by atoms with E-state index in [2.05, 4.69) is 13.0 Å². The summed E-state index contributed by atoms with van der Waals surface area (Å²) in [6.45, 7) is 4.39. The van der Waals surface area contributed by atoms with E-state index in [-0.39, 0.29) is 23.5 Å². The van der Waals surface area contributed by atoms with Crippen LogP contribution >= 0.6 is 0 Å². The van der Waals surface area contributed by atoms with Gasteiger partial charge >= 0.3 is 0 Å². The number of rotatable bonds is 15. The van der Waals surface area contributed by atoms with Crippen molar-refractivity contribution >= 4 is 5.57 Å². The summed E-state index contributed by atoms with van der Waals surface area (Å²) in [7, 11) is 0. The predicted octanol–water partition coefficient (Wildman–Crippen LogP) is 13.7. The molecule has 1 nitrogen and oxygen atoms in total. The van der Waals surface area contributed by atoms with Gasteiger partial charge in [0.1, 0.15) is 0 Å². The Morgan fingerprint density at radius 1 is 0.667 bits per heavy atom. The van der Waals surface area contributed by atoms with E-state index in [4.69, 9.17) is 4.74 Å². The van der Waals surface area contributed by atoms with Crippen LogP contribution in [0.1, 0.15) is 116 Å². The first-order valence-corrected chi connectivity index (χ1v) is 18.4. The molecule has 0 radical (unpaired) electrons. The lowest BCUT2D eigenvalue weighted by Gasteiger charge is -2.35. The van der Waals surface area contributed by atoms with E-state index < -0.39 is 23.3 Å². The van der Waals surface area contributed by atoms with Crippen molar-refractivity contribution in [3.05, 3.63) is 95.6 Å². The molecule has 1 unspecified atom stereocenters. The van der Waals surface area contributed by atoms with Crippen molar-refractivity contribution in [2.75, 3.05) is 6.61 Å². The lowest BCUT2D eigenvalue weighted by Crippen LogP contribution is -2.23. The first-order chi connectivity index (χ1) is 23.4. The molecular weight excluding hydrogens is 608 g/mol. The lowest BCUT2D eigenvalue weighted by atomic mass is 9.70. The average molecular weight is 661 g/mol. The van der Waals surface area contributed by atoms with Crippen molar-refractivity contribution < 1.29 is 22.3 Å². The molecule has 1 atom stereocenters. The normalized spacial score (nSPS) is 19.9. The van der Waals surface area contributed by atoms with Gasteiger partial charge in [0.2, 0.25) is 5.82 Å².